The van der Waals surface area contributed by atoms with Crippen LogP contribution in [0, 0.1) is 0 Å². The normalized spacial score (nSPS) is 11.4. The monoisotopic (exact) mass is 256 g/mol. The van der Waals surface area contributed by atoms with Gasteiger partial charge < -0.3 is 5.10 Å². The first-order valence-electron chi connectivity index (χ1n) is 4.03. The molecule has 1 rings (SSSR count). The highest BCUT2D eigenvalue weighted by molar-refractivity contribution is 7.91. The number of sulfone groups is 1. The van der Waals surface area contributed by atoms with Gasteiger partial charge in [0.1, 0.15) is 0 Å². The number of rotatable bonds is 4. The van der Waals surface area contributed by atoms with E-state index >= 15 is 0 Å². The lowest BCUT2D eigenvalue weighted by Crippen LogP contribution is -2.15. The Labute approximate surface area is 87.9 Å². The summed E-state index contributed by atoms with van der Waals surface area (Å²) >= 11 is 0. The predicted octanol–water partition coefficient (Wildman–Crippen LogP) is 0.944. The minimum absolute atomic E-state index is 0.598. The van der Waals surface area contributed by atoms with Crippen LogP contribution in [0.15, 0.2) is 27.8 Å². The first kappa shape index (κ1) is 12.6. The topological polar surface area (TPSA) is 82.8 Å². The largest absolute Gasteiger partial charge is 0.304 e. The highest BCUT2D eigenvalue weighted by Crippen LogP contribution is 2.16. The van der Waals surface area contributed by atoms with E-state index in [2.05, 4.69) is 5.10 Å². The molecule has 0 aliphatic rings. The highest BCUT2D eigenvalue weighted by Gasteiger charge is 2.20. The summed E-state index contributed by atoms with van der Waals surface area (Å²) in [4.78, 5) is 10.3. The Morgan fingerprint density at radius 3 is 2.38 bits per heavy atom. The lowest BCUT2D eigenvalue weighted by molar-refractivity contribution is 0.373. The number of hydrogen-bond donors (Lipinski definition) is 2. The van der Waals surface area contributed by atoms with Gasteiger partial charge in [-0.25, -0.2) is 12.8 Å². The second-order valence-electron chi connectivity index (χ2n) is 2.84. The summed E-state index contributed by atoms with van der Waals surface area (Å²) in [7, 11) is -4.06. The van der Waals surface area contributed by atoms with Crippen LogP contribution in [-0.4, -0.2) is 24.4 Å². The van der Waals surface area contributed by atoms with Crippen LogP contribution in [0.1, 0.15) is 6.42 Å². The van der Waals surface area contributed by atoms with Crippen molar-refractivity contribution in [3.63, 3.8) is 0 Å². The molecule has 9 heteroatoms. The van der Waals surface area contributed by atoms with Gasteiger partial charge in [0.2, 0.25) is 0 Å². The van der Waals surface area contributed by atoms with Gasteiger partial charge in [0, 0.05) is 12.6 Å². The second kappa shape index (κ2) is 4.56. The molecule has 1 aromatic heterocycles. The molecule has 0 aromatic carbocycles. The average molecular weight is 256 g/mol. The summed E-state index contributed by atoms with van der Waals surface area (Å²) < 4.78 is 58.4. The molecular weight excluding hydrogens is 249 g/mol. The van der Waals surface area contributed by atoms with E-state index in [1.54, 1.807) is 0 Å². The van der Waals surface area contributed by atoms with Gasteiger partial charge in [0.05, 0.1) is 5.75 Å². The zero-order valence-corrected chi connectivity index (χ0v) is 8.57. The molecular formula is C7H7F3N2O3S. The van der Waals surface area contributed by atoms with Crippen molar-refractivity contribution in [3.8, 4) is 0 Å². The third-order valence-electron chi connectivity index (χ3n) is 1.74. The molecule has 0 aliphatic carbocycles. The molecule has 0 saturated heterocycles. The van der Waals surface area contributed by atoms with Gasteiger partial charge in [-0.2, -0.15) is 8.78 Å². The maximum absolute atomic E-state index is 12.4. The fourth-order valence-corrected chi connectivity index (χ4v) is 2.19. The van der Waals surface area contributed by atoms with Crippen LogP contribution in [0.3, 0.4) is 0 Å². The number of nitrogens with one attached hydrogen (secondary N) is 2. The Bertz CT molecular complexity index is 553. The van der Waals surface area contributed by atoms with Crippen LogP contribution < -0.4 is 5.56 Å². The van der Waals surface area contributed by atoms with E-state index in [0.717, 1.165) is 6.20 Å². The van der Waals surface area contributed by atoms with Gasteiger partial charge >= 0.3 is 6.08 Å². The van der Waals surface area contributed by atoms with Gasteiger partial charge in [0.25, 0.3) is 5.56 Å². The van der Waals surface area contributed by atoms with Crippen molar-refractivity contribution in [1.29, 1.82) is 0 Å². The summed E-state index contributed by atoms with van der Waals surface area (Å²) in [6, 6.07) is 0. The summed E-state index contributed by atoms with van der Waals surface area (Å²) in [5, 5.41) is 4.12. The van der Waals surface area contributed by atoms with Crippen LogP contribution in [0.4, 0.5) is 13.2 Å². The van der Waals surface area contributed by atoms with Gasteiger partial charge in [0.15, 0.2) is 20.6 Å². The molecule has 1 heterocycles. The van der Waals surface area contributed by atoms with Gasteiger partial charge in [-0.3, -0.25) is 9.89 Å². The molecule has 0 amide bonds. The summed E-state index contributed by atoms with van der Waals surface area (Å²) in [6.07, 6.45) is -2.64. The first-order valence-corrected chi connectivity index (χ1v) is 5.68. The molecule has 5 nitrogen and oxygen atoms in total. The molecule has 0 radical (unpaired) electrons. The van der Waals surface area contributed by atoms with Crippen LogP contribution in [0.5, 0.6) is 0 Å². The van der Waals surface area contributed by atoms with Crippen molar-refractivity contribution < 1.29 is 21.6 Å². The van der Waals surface area contributed by atoms with Crippen molar-refractivity contribution >= 4 is 9.84 Å². The van der Waals surface area contributed by atoms with E-state index in [1.165, 1.54) is 0 Å². The third-order valence-corrected chi connectivity index (χ3v) is 3.46. The standard InChI is InChI=1S/C7H7F3N2O3S/c8-4(6(9)10)1-2-16(14,15)5-3-11-12-7(5)13/h3H,1-2H2,(H2,11,12,13). The smallest absolute Gasteiger partial charge is 0.301 e. The maximum atomic E-state index is 12.4. The van der Waals surface area contributed by atoms with Gasteiger partial charge in [-0.05, 0) is 0 Å². The summed E-state index contributed by atoms with van der Waals surface area (Å²) in [5.74, 6) is -2.69. The predicted molar refractivity (Wildman–Crippen MR) is 48.4 cm³/mol. The highest BCUT2D eigenvalue weighted by atomic mass is 32.2. The third kappa shape index (κ3) is 2.75. The van der Waals surface area contributed by atoms with E-state index in [-0.39, 0.29) is 0 Å². The molecule has 0 bridgehead atoms. The van der Waals surface area contributed by atoms with E-state index in [0.29, 0.717) is 0 Å². The molecule has 2 N–H and O–H groups in total. The zero-order valence-electron chi connectivity index (χ0n) is 7.76. The Morgan fingerprint density at radius 1 is 1.31 bits per heavy atom. The molecule has 90 valence electrons. The second-order valence-corrected chi connectivity index (χ2v) is 4.92. The van der Waals surface area contributed by atoms with E-state index in [4.69, 9.17) is 0 Å². The lowest BCUT2D eigenvalue weighted by Gasteiger charge is -1.98. The number of halogens is 3. The molecule has 0 atom stereocenters. The summed E-state index contributed by atoms with van der Waals surface area (Å²) in [5.41, 5.74) is -0.898. The van der Waals surface area contributed by atoms with Gasteiger partial charge in [-0.15, -0.1) is 0 Å². The molecule has 16 heavy (non-hydrogen) atoms. The van der Waals surface area contributed by atoms with Crippen molar-refractivity contribution in [2.45, 2.75) is 11.3 Å². The number of hydrogen-bond acceptors (Lipinski definition) is 3. The van der Waals surface area contributed by atoms with E-state index < -0.39 is 44.4 Å². The Hall–Kier alpha value is -1.51. The first-order chi connectivity index (χ1) is 7.34. The van der Waals surface area contributed by atoms with Crippen LogP contribution >= 0.6 is 0 Å². The van der Waals surface area contributed by atoms with E-state index in [1.807, 2.05) is 5.10 Å². The van der Waals surface area contributed by atoms with Crippen molar-refractivity contribution in [1.82, 2.24) is 10.2 Å². The minimum atomic E-state index is -4.06. The zero-order chi connectivity index (χ0) is 12.3. The fourth-order valence-electron chi connectivity index (χ4n) is 0.954. The fraction of sp³-hybridized carbons (Fsp3) is 0.286. The summed E-state index contributed by atoms with van der Waals surface area (Å²) in [6.45, 7) is 0. The molecule has 0 fully saturated rings. The maximum Gasteiger partial charge on any atom is 0.301 e. The molecule has 0 aliphatic heterocycles. The Balaban J connectivity index is 2.87. The quantitative estimate of drug-likeness (QED) is 0.841. The van der Waals surface area contributed by atoms with Crippen LogP contribution in [-0.2, 0) is 9.84 Å². The Kier molecular flexibility index (Phi) is 3.58. The Morgan fingerprint density at radius 2 is 1.94 bits per heavy atom. The van der Waals surface area contributed by atoms with Crippen molar-refractivity contribution in [3.05, 3.63) is 28.5 Å². The van der Waals surface area contributed by atoms with Gasteiger partial charge in [-0.1, -0.05) is 0 Å². The van der Waals surface area contributed by atoms with Crippen LogP contribution in [0.25, 0.3) is 0 Å². The molecule has 1 aromatic rings. The lowest BCUT2D eigenvalue weighted by atomic mass is 10.4. The van der Waals surface area contributed by atoms with Crippen LogP contribution in [0.2, 0.25) is 0 Å². The average Bonchev–Trinajstić information content (AvgIpc) is 2.61. The molecule has 0 unspecified atom stereocenters. The van der Waals surface area contributed by atoms with E-state index in [9.17, 15) is 26.4 Å². The number of aromatic amines is 2. The number of allylic oxidation sites excluding steroid dienone is 1. The molecule has 0 spiro atoms. The van der Waals surface area contributed by atoms with Crippen molar-refractivity contribution in [2.75, 3.05) is 5.75 Å². The minimum Gasteiger partial charge on any atom is -0.304 e. The number of H-pyrrole nitrogens is 2. The molecule has 0 saturated carbocycles. The van der Waals surface area contributed by atoms with Crippen molar-refractivity contribution in [2.24, 2.45) is 0 Å². The SMILES string of the molecule is O=c1[nH][nH]cc1S(=O)(=O)CCC(F)=C(F)F. The number of aromatic nitrogens is 2.